The molecule has 4 N–H and O–H groups in total. The first-order valence-corrected chi connectivity index (χ1v) is 23.5. The molecule has 0 amide bonds. The summed E-state index contributed by atoms with van der Waals surface area (Å²) in [5.41, 5.74) is 11.6. The van der Waals surface area contributed by atoms with Crippen LogP contribution in [0.5, 0.6) is 23.0 Å². The maximum absolute atomic E-state index is 10.4. The van der Waals surface area contributed by atoms with Gasteiger partial charge in [-0.05, 0) is 66.2 Å². The van der Waals surface area contributed by atoms with Crippen molar-refractivity contribution in [3.63, 3.8) is 0 Å². The van der Waals surface area contributed by atoms with Crippen LogP contribution in [-0.2, 0) is 43.4 Å². The van der Waals surface area contributed by atoms with Crippen molar-refractivity contribution in [2.45, 2.75) is 105 Å². The van der Waals surface area contributed by atoms with Gasteiger partial charge in [0.15, 0.2) is 0 Å². The third-order valence-electron chi connectivity index (χ3n) is 11.7. The SMILES string of the molecule is CC(C)(C)c1cccc(-c2ccccc2)c1O.CC(C)(C)c1cccc(-c2ccccc2)c1O.CC(C)(C)c1cccc(-c2ccccc2)c1O.CC(C)(C)c1cccc(-c2ccccc2)c1O.[Ti]. The molecule has 0 spiro atoms. The predicted molar refractivity (Wildman–Crippen MR) is 289 cm³/mol. The quantitative estimate of drug-likeness (QED) is 0.133. The Morgan fingerprint density at radius 3 is 0.522 bits per heavy atom. The summed E-state index contributed by atoms with van der Waals surface area (Å²) in [4.78, 5) is 0. The first-order valence-electron chi connectivity index (χ1n) is 23.5. The molecule has 0 aliphatic rings. The molecule has 8 aromatic rings. The van der Waals surface area contributed by atoms with Gasteiger partial charge in [-0.3, -0.25) is 0 Å². The Kier molecular flexibility index (Phi) is 19.1. The van der Waals surface area contributed by atoms with Crippen LogP contribution in [0.15, 0.2) is 194 Å². The summed E-state index contributed by atoms with van der Waals surface area (Å²) in [7, 11) is 0. The molecule has 0 saturated carbocycles. The molecule has 4 nitrogen and oxygen atoms in total. The van der Waals surface area contributed by atoms with E-state index in [0.29, 0.717) is 23.0 Å². The zero-order valence-electron chi connectivity index (χ0n) is 42.8. The molecule has 0 heterocycles. The van der Waals surface area contributed by atoms with Crippen molar-refractivity contribution < 1.29 is 42.1 Å². The summed E-state index contributed by atoms with van der Waals surface area (Å²) in [6.07, 6.45) is 0. The van der Waals surface area contributed by atoms with E-state index < -0.39 is 0 Å². The third-order valence-corrected chi connectivity index (χ3v) is 11.7. The molecule has 0 atom stereocenters. The second-order valence-electron chi connectivity index (χ2n) is 21.3. The smallest absolute Gasteiger partial charge is 0.127 e. The molecule has 0 aliphatic heterocycles. The average molecular weight is 953 g/mol. The van der Waals surface area contributed by atoms with Crippen LogP contribution in [0.25, 0.3) is 44.5 Å². The van der Waals surface area contributed by atoms with E-state index in [4.69, 9.17) is 0 Å². The van der Waals surface area contributed by atoms with E-state index in [1.807, 2.05) is 194 Å². The van der Waals surface area contributed by atoms with Crippen LogP contribution in [0.4, 0.5) is 0 Å². The van der Waals surface area contributed by atoms with Crippen LogP contribution in [0.1, 0.15) is 105 Å². The fourth-order valence-corrected chi connectivity index (χ4v) is 8.00. The van der Waals surface area contributed by atoms with Crippen LogP contribution >= 0.6 is 0 Å². The number of benzene rings is 8. The zero-order chi connectivity index (χ0) is 49.9. The summed E-state index contributed by atoms with van der Waals surface area (Å²) in [5, 5.41) is 41.5. The molecule has 0 bridgehead atoms. The Hall–Kier alpha value is -6.33. The van der Waals surface area contributed by atoms with Gasteiger partial charge in [-0.1, -0.05) is 277 Å². The van der Waals surface area contributed by atoms with Gasteiger partial charge in [0.1, 0.15) is 23.0 Å². The molecule has 5 heteroatoms. The average Bonchev–Trinajstić information content (AvgIpc) is 3.29. The summed E-state index contributed by atoms with van der Waals surface area (Å²) in [5.74, 6) is 1.58. The predicted octanol–water partition coefficient (Wildman–Crippen LogP) is 17.4. The van der Waals surface area contributed by atoms with Crippen LogP contribution in [0.2, 0.25) is 0 Å². The number of aromatic hydroxyl groups is 4. The van der Waals surface area contributed by atoms with E-state index in [-0.39, 0.29) is 43.4 Å². The van der Waals surface area contributed by atoms with Gasteiger partial charge in [0, 0.05) is 44.0 Å². The van der Waals surface area contributed by atoms with Crippen LogP contribution in [0, 0.1) is 0 Å². The number of hydrogen-bond donors (Lipinski definition) is 4. The van der Waals surface area contributed by atoms with Gasteiger partial charge in [-0.15, -0.1) is 0 Å². The van der Waals surface area contributed by atoms with Gasteiger partial charge >= 0.3 is 0 Å². The van der Waals surface area contributed by atoms with Crippen LogP contribution in [-0.4, -0.2) is 20.4 Å². The minimum absolute atomic E-state index is 0. The summed E-state index contributed by atoms with van der Waals surface area (Å²) >= 11 is 0. The largest absolute Gasteiger partial charge is 0.507 e. The fourth-order valence-electron chi connectivity index (χ4n) is 8.00. The van der Waals surface area contributed by atoms with Gasteiger partial charge in [0.2, 0.25) is 0 Å². The first kappa shape index (κ1) is 55.3. The van der Waals surface area contributed by atoms with Crippen molar-refractivity contribution in [2.24, 2.45) is 0 Å². The number of phenolic OH excluding ortho intramolecular Hbond substituents is 4. The number of phenols is 4. The fraction of sp³-hybridized carbons (Fsp3) is 0.250. The molecular weight excluding hydrogens is 881 g/mol. The third kappa shape index (κ3) is 14.8. The van der Waals surface area contributed by atoms with Crippen molar-refractivity contribution in [3.8, 4) is 67.5 Å². The standard InChI is InChI=1S/4C16H18O.Ti/c4*1-16(2,3)14-11-7-10-13(15(14)17)12-8-5-4-6-9-12;/h4*4-11,17H,1-3H3;. The van der Waals surface area contributed by atoms with Crippen molar-refractivity contribution in [1.29, 1.82) is 0 Å². The molecule has 0 fully saturated rings. The number of hydrogen-bond acceptors (Lipinski definition) is 4. The topological polar surface area (TPSA) is 80.9 Å². The Labute approximate surface area is 428 Å². The summed E-state index contributed by atoms with van der Waals surface area (Å²) < 4.78 is 0. The molecule has 0 aromatic heterocycles. The maximum atomic E-state index is 10.4. The minimum atomic E-state index is -0.0468. The van der Waals surface area contributed by atoms with Crippen molar-refractivity contribution >= 4 is 0 Å². The van der Waals surface area contributed by atoms with Gasteiger partial charge in [0.25, 0.3) is 0 Å². The second-order valence-corrected chi connectivity index (χ2v) is 21.3. The molecule has 0 radical (unpaired) electrons. The van der Waals surface area contributed by atoms with Gasteiger partial charge < -0.3 is 20.4 Å². The van der Waals surface area contributed by atoms with Crippen molar-refractivity contribution in [2.75, 3.05) is 0 Å². The van der Waals surface area contributed by atoms with E-state index in [9.17, 15) is 20.4 Å². The Bertz CT molecular complexity index is 2430. The molecule has 0 unspecified atom stereocenters. The summed E-state index contributed by atoms with van der Waals surface area (Å²) in [6.45, 7) is 25.3. The molecule has 0 saturated heterocycles. The van der Waals surface area contributed by atoms with E-state index in [1.54, 1.807) is 0 Å². The molecule has 356 valence electrons. The molecular formula is C64H72O4Ti. The minimum Gasteiger partial charge on any atom is -0.507 e. The Balaban J connectivity index is 0.000000199. The van der Waals surface area contributed by atoms with E-state index in [2.05, 4.69) is 83.1 Å². The van der Waals surface area contributed by atoms with E-state index in [0.717, 1.165) is 66.8 Å². The molecule has 0 aliphatic carbocycles. The number of para-hydroxylation sites is 4. The van der Waals surface area contributed by atoms with Gasteiger partial charge in [0.05, 0.1) is 0 Å². The normalized spacial score (nSPS) is 11.3. The Morgan fingerprint density at radius 2 is 0.377 bits per heavy atom. The van der Waals surface area contributed by atoms with Crippen molar-refractivity contribution in [3.05, 3.63) is 216 Å². The maximum Gasteiger partial charge on any atom is 0.127 e. The monoisotopic (exact) mass is 952 g/mol. The molecule has 69 heavy (non-hydrogen) atoms. The van der Waals surface area contributed by atoms with Gasteiger partial charge in [-0.2, -0.15) is 0 Å². The molecule has 8 rings (SSSR count). The molecule has 8 aromatic carbocycles. The van der Waals surface area contributed by atoms with E-state index >= 15 is 0 Å². The van der Waals surface area contributed by atoms with E-state index in [1.165, 1.54) is 0 Å². The van der Waals surface area contributed by atoms with Crippen molar-refractivity contribution in [1.82, 2.24) is 0 Å². The second kappa shape index (κ2) is 23.8. The Morgan fingerprint density at radius 1 is 0.217 bits per heavy atom. The zero-order valence-corrected chi connectivity index (χ0v) is 44.3. The van der Waals surface area contributed by atoms with Gasteiger partial charge in [-0.25, -0.2) is 0 Å². The first-order chi connectivity index (χ1) is 32.0. The summed E-state index contributed by atoms with van der Waals surface area (Å²) in [6, 6.07) is 63.7. The van der Waals surface area contributed by atoms with Crippen LogP contribution < -0.4 is 0 Å². The van der Waals surface area contributed by atoms with Crippen LogP contribution in [0.3, 0.4) is 0 Å². The number of rotatable bonds is 4.